The number of benzene rings is 1. The second-order valence-electron chi connectivity index (χ2n) is 4.07. The van der Waals surface area contributed by atoms with E-state index < -0.39 is 0 Å². The Hall–Kier alpha value is -1.42. The van der Waals surface area contributed by atoms with E-state index in [1.54, 1.807) is 0 Å². The first-order valence-corrected chi connectivity index (χ1v) is 5.42. The first-order valence-electron chi connectivity index (χ1n) is 5.42. The molecule has 0 bridgehead atoms. The summed E-state index contributed by atoms with van der Waals surface area (Å²) < 4.78 is 12.6. The molecule has 1 aromatic rings. The Kier molecular flexibility index (Phi) is 4.92. The SMILES string of the molecule is C[NH+](C)CCCNC(=O)c1ccc(F)cc1. The monoisotopic (exact) mass is 225 g/mol. The predicted octanol–water partition coefficient (Wildman–Crippen LogP) is 0.0901. The fourth-order valence-electron chi connectivity index (χ4n) is 1.35. The molecule has 3 nitrogen and oxygen atoms in total. The van der Waals surface area contributed by atoms with Gasteiger partial charge in [-0.25, -0.2) is 4.39 Å². The van der Waals surface area contributed by atoms with Crippen molar-refractivity contribution in [3.8, 4) is 0 Å². The molecule has 88 valence electrons. The summed E-state index contributed by atoms with van der Waals surface area (Å²) in [5.41, 5.74) is 0.499. The van der Waals surface area contributed by atoms with Crippen LogP contribution in [0.2, 0.25) is 0 Å². The molecule has 0 radical (unpaired) electrons. The summed E-state index contributed by atoms with van der Waals surface area (Å²) in [6.07, 6.45) is 0.940. The molecule has 0 saturated heterocycles. The van der Waals surface area contributed by atoms with Crippen LogP contribution < -0.4 is 10.2 Å². The van der Waals surface area contributed by atoms with Gasteiger partial charge in [0.15, 0.2) is 0 Å². The number of amides is 1. The third kappa shape index (κ3) is 4.40. The van der Waals surface area contributed by atoms with Gasteiger partial charge < -0.3 is 10.2 Å². The van der Waals surface area contributed by atoms with Gasteiger partial charge in [-0.1, -0.05) is 0 Å². The number of quaternary nitrogens is 1. The van der Waals surface area contributed by atoms with E-state index in [4.69, 9.17) is 0 Å². The minimum atomic E-state index is -0.326. The second-order valence-corrected chi connectivity index (χ2v) is 4.07. The Labute approximate surface area is 95.3 Å². The van der Waals surface area contributed by atoms with Crippen molar-refractivity contribution >= 4 is 5.91 Å². The largest absolute Gasteiger partial charge is 0.352 e. The van der Waals surface area contributed by atoms with E-state index in [2.05, 4.69) is 19.4 Å². The Bertz CT molecular complexity index is 335. The normalized spacial score (nSPS) is 10.5. The molecule has 0 aliphatic heterocycles. The zero-order chi connectivity index (χ0) is 12.0. The van der Waals surface area contributed by atoms with E-state index in [1.165, 1.54) is 29.2 Å². The van der Waals surface area contributed by atoms with Gasteiger partial charge in [-0.3, -0.25) is 4.79 Å². The summed E-state index contributed by atoms with van der Waals surface area (Å²) in [5, 5.41) is 2.80. The second kappa shape index (κ2) is 6.23. The fourth-order valence-corrected chi connectivity index (χ4v) is 1.35. The Balaban J connectivity index is 2.32. The third-order valence-corrected chi connectivity index (χ3v) is 2.25. The molecule has 4 heteroatoms. The zero-order valence-corrected chi connectivity index (χ0v) is 9.72. The molecule has 0 unspecified atom stereocenters. The van der Waals surface area contributed by atoms with Crippen LogP contribution in [0.5, 0.6) is 0 Å². The Morgan fingerprint density at radius 2 is 1.94 bits per heavy atom. The fraction of sp³-hybridized carbons (Fsp3) is 0.417. The summed E-state index contributed by atoms with van der Waals surface area (Å²) in [6.45, 7) is 1.67. The van der Waals surface area contributed by atoms with Gasteiger partial charge in [0.05, 0.1) is 20.6 Å². The van der Waals surface area contributed by atoms with Crippen LogP contribution in [0.4, 0.5) is 4.39 Å². The van der Waals surface area contributed by atoms with E-state index in [-0.39, 0.29) is 11.7 Å². The number of halogens is 1. The van der Waals surface area contributed by atoms with Crippen LogP contribution in [0.3, 0.4) is 0 Å². The smallest absolute Gasteiger partial charge is 0.251 e. The van der Waals surface area contributed by atoms with E-state index in [0.29, 0.717) is 12.1 Å². The highest BCUT2D eigenvalue weighted by molar-refractivity contribution is 5.94. The van der Waals surface area contributed by atoms with Crippen molar-refractivity contribution in [2.24, 2.45) is 0 Å². The average Bonchev–Trinajstić information content (AvgIpc) is 2.25. The first kappa shape index (κ1) is 12.6. The van der Waals surface area contributed by atoms with Crippen LogP contribution in [-0.4, -0.2) is 33.1 Å². The average molecular weight is 225 g/mol. The van der Waals surface area contributed by atoms with Crippen LogP contribution in [0.25, 0.3) is 0 Å². The standard InChI is InChI=1S/C12H17FN2O/c1-15(2)9-3-8-14-12(16)10-4-6-11(13)7-5-10/h4-7H,3,8-9H2,1-2H3,(H,14,16)/p+1. The first-order chi connectivity index (χ1) is 7.59. The summed E-state index contributed by atoms with van der Waals surface area (Å²) in [6, 6.07) is 5.56. The van der Waals surface area contributed by atoms with Crippen molar-refractivity contribution in [1.29, 1.82) is 0 Å². The maximum Gasteiger partial charge on any atom is 0.251 e. The highest BCUT2D eigenvalue weighted by atomic mass is 19.1. The summed E-state index contributed by atoms with van der Waals surface area (Å²) in [7, 11) is 4.14. The molecule has 0 aromatic heterocycles. The molecule has 2 N–H and O–H groups in total. The molecule has 1 aromatic carbocycles. The Morgan fingerprint density at radius 1 is 1.31 bits per heavy atom. The minimum Gasteiger partial charge on any atom is -0.352 e. The molecular formula is C12H18FN2O+. The van der Waals surface area contributed by atoms with Crippen LogP contribution in [0.1, 0.15) is 16.8 Å². The zero-order valence-electron chi connectivity index (χ0n) is 9.72. The van der Waals surface area contributed by atoms with Crippen molar-refractivity contribution < 1.29 is 14.1 Å². The van der Waals surface area contributed by atoms with E-state index in [1.807, 2.05) is 0 Å². The van der Waals surface area contributed by atoms with E-state index in [9.17, 15) is 9.18 Å². The van der Waals surface area contributed by atoms with Gasteiger partial charge in [-0.15, -0.1) is 0 Å². The van der Waals surface area contributed by atoms with Crippen molar-refractivity contribution in [3.05, 3.63) is 35.6 Å². The Morgan fingerprint density at radius 3 is 2.50 bits per heavy atom. The highest BCUT2D eigenvalue weighted by Crippen LogP contribution is 2.02. The summed E-state index contributed by atoms with van der Waals surface area (Å²) in [5.74, 6) is -0.471. The quantitative estimate of drug-likeness (QED) is 0.684. The number of hydrogen-bond donors (Lipinski definition) is 2. The lowest BCUT2D eigenvalue weighted by Gasteiger charge is -2.08. The molecule has 0 heterocycles. The number of rotatable bonds is 5. The number of nitrogens with one attached hydrogen (secondary N) is 2. The molecular weight excluding hydrogens is 207 g/mol. The predicted molar refractivity (Wildman–Crippen MR) is 61.0 cm³/mol. The molecule has 1 amide bonds. The summed E-state index contributed by atoms with van der Waals surface area (Å²) >= 11 is 0. The topological polar surface area (TPSA) is 33.5 Å². The van der Waals surface area contributed by atoms with Gasteiger partial charge in [-0.05, 0) is 24.3 Å². The van der Waals surface area contributed by atoms with Crippen LogP contribution >= 0.6 is 0 Å². The van der Waals surface area contributed by atoms with Crippen LogP contribution in [-0.2, 0) is 0 Å². The highest BCUT2D eigenvalue weighted by Gasteiger charge is 2.04. The van der Waals surface area contributed by atoms with Crippen molar-refractivity contribution in [1.82, 2.24) is 5.32 Å². The third-order valence-electron chi connectivity index (χ3n) is 2.25. The van der Waals surface area contributed by atoms with Crippen molar-refractivity contribution in [2.75, 3.05) is 27.2 Å². The van der Waals surface area contributed by atoms with Crippen LogP contribution in [0, 0.1) is 5.82 Å². The lowest BCUT2D eigenvalue weighted by molar-refractivity contribution is -0.858. The van der Waals surface area contributed by atoms with E-state index >= 15 is 0 Å². The van der Waals surface area contributed by atoms with Crippen LogP contribution in [0.15, 0.2) is 24.3 Å². The van der Waals surface area contributed by atoms with Crippen molar-refractivity contribution in [3.63, 3.8) is 0 Å². The van der Waals surface area contributed by atoms with Gasteiger partial charge in [0.1, 0.15) is 5.82 Å². The molecule has 0 saturated carbocycles. The van der Waals surface area contributed by atoms with Crippen molar-refractivity contribution in [2.45, 2.75) is 6.42 Å². The number of carbonyl (C=O) groups is 1. The van der Waals surface area contributed by atoms with Gasteiger partial charge in [-0.2, -0.15) is 0 Å². The molecule has 1 rings (SSSR count). The van der Waals surface area contributed by atoms with Gasteiger partial charge in [0, 0.05) is 18.5 Å². The molecule has 0 aliphatic carbocycles. The molecule has 0 aliphatic rings. The molecule has 0 fully saturated rings. The molecule has 0 spiro atoms. The lowest BCUT2D eigenvalue weighted by Crippen LogP contribution is -3.05. The van der Waals surface area contributed by atoms with Gasteiger partial charge in [0.25, 0.3) is 5.91 Å². The maximum atomic E-state index is 12.6. The lowest BCUT2D eigenvalue weighted by atomic mass is 10.2. The molecule has 0 atom stereocenters. The number of hydrogen-bond acceptors (Lipinski definition) is 1. The number of carbonyl (C=O) groups excluding carboxylic acids is 1. The molecule has 16 heavy (non-hydrogen) atoms. The van der Waals surface area contributed by atoms with Gasteiger partial charge >= 0.3 is 0 Å². The van der Waals surface area contributed by atoms with E-state index in [0.717, 1.165) is 13.0 Å². The summed E-state index contributed by atoms with van der Waals surface area (Å²) in [4.78, 5) is 12.9. The minimum absolute atomic E-state index is 0.145. The van der Waals surface area contributed by atoms with Gasteiger partial charge in [0.2, 0.25) is 0 Å². The maximum absolute atomic E-state index is 12.6.